The van der Waals surface area contributed by atoms with E-state index >= 15 is 0 Å². The smallest absolute Gasteiger partial charge is 0.337 e. The molecule has 0 aliphatic heterocycles. The van der Waals surface area contributed by atoms with Crippen LogP contribution in [0.15, 0.2) is 16.6 Å². The van der Waals surface area contributed by atoms with Crippen molar-refractivity contribution in [2.45, 2.75) is 13.3 Å². The highest BCUT2D eigenvalue weighted by Crippen LogP contribution is 2.30. The Hall–Kier alpha value is -0.740. The number of hydrogen-bond acceptors (Lipinski definition) is 2. The third-order valence-electron chi connectivity index (χ3n) is 1.84. The highest BCUT2D eigenvalue weighted by atomic mass is 79.9. The van der Waals surface area contributed by atoms with Crippen LogP contribution in [0.1, 0.15) is 23.7 Å². The van der Waals surface area contributed by atoms with E-state index < -0.39 is 5.97 Å². The molecule has 0 bridgehead atoms. The Balaban J connectivity index is 3.15. The Kier molecular flexibility index (Phi) is 4.42. The predicted octanol–water partition coefficient (Wildman–Crippen LogP) is 3.62. The first kappa shape index (κ1) is 12.3. The topological polar surface area (TPSA) is 49.3 Å². The monoisotopic (exact) mass is 291 g/mol. The molecule has 0 atom stereocenters. The van der Waals surface area contributed by atoms with E-state index in [4.69, 9.17) is 16.7 Å². The van der Waals surface area contributed by atoms with E-state index in [1.807, 2.05) is 6.92 Å². The second kappa shape index (κ2) is 5.37. The Morgan fingerprint density at radius 2 is 2.27 bits per heavy atom. The van der Waals surface area contributed by atoms with E-state index in [1.54, 1.807) is 6.07 Å². The zero-order valence-electron chi connectivity index (χ0n) is 8.18. The summed E-state index contributed by atoms with van der Waals surface area (Å²) < 4.78 is 0.667. The molecule has 82 valence electrons. The number of anilines is 1. The molecule has 0 heterocycles. The SMILES string of the molecule is CCCNc1c(Br)cc(Cl)cc1C(=O)O. The van der Waals surface area contributed by atoms with Crippen molar-refractivity contribution in [3.05, 3.63) is 27.2 Å². The summed E-state index contributed by atoms with van der Waals surface area (Å²) in [5.74, 6) is -0.989. The van der Waals surface area contributed by atoms with E-state index in [0.717, 1.165) is 13.0 Å². The minimum Gasteiger partial charge on any atom is -0.478 e. The summed E-state index contributed by atoms with van der Waals surface area (Å²) in [6, 6.07) is 3.11. The largest absolute Gasteiger partial charge is 0.478 e. The lowest BCUT2D eigenvalue weighted by molar-refractivity contribution is 0.0698. The molecule has 0 aliphatic carbocycles. The highest BCUT2D eigenvalue weighted by molar-refractivity contribution is 9.10. The summed E-state index contributed by atoms with van der Waals surface area (Å²) in [5, 5.41) is 12.5. The van der Waals surface area contributed by atoms with Crippen molar-refractivity contribution in [1.29, 1.82) is 0 Å². The van der Waals surface area contributed by atoms with Gasteiger partial charge in [0.1, 0.15) is 0 Å². The van der Waals surface area contributed by atoms with Crippen LogP contribution in [-0.4, -0.2) is 17.6 Å². The van der Waals surface area contributed by atoms with Gasteiger partial charge < -0.3 is 10.4 Å². The second-order valence-corrected chi connectivity index (χ2v) is 4.33. The lowest BCUT2D eigenvalue weighted by Gasteiger charge is -2.11. The van der Waals surface area contributed by atoms with Crippen molar-refractivity contribution in [2.24, 2.45) is 0 Å². The maximum absolute atomic E-state index is 11.0. The van der Waals surface area contributed by atoms with Crippen LogP contribution in [0.5, 0.6) is 0 Å². The summed E-state index contributed by atoms with van der Waals surface area (Å²) in [4.78, 5) is 11.0. The van der Waals surface area contributed by atoms with Crippen molar-refractivity contribution in [1.82, 2.24) is 0 Å². The van der Waals surface area contributed by atoms with Gasteiger partial charge in [-0.1, -0.05) is 18.5 Å². The van der Waals surface area contributed by atoms with Crippen LogP contribution in [0, 0.1) is 0 Å². The molecule has 15 heavy (non-hydrogen) atoms. The molecular formula is C10H11BrClNO2. The third kappa shape index (κ3) is 3.11. The zero-order chi connectivity index (χ0) is 11.4. The minimum absolute atomic E-state index is 0.183. The number of carbonyl (C=O) groups is 1. The summed E-state index contributed by atoms with van der Waals surface area (Å²) >= 11 is 9.07. The Morgan fingerprint density at radius 3 is 2.80 bits per heavy atom. The summed E-state index contributed by atoms with van der Waals surface area (Å²) in [5.41, 5.74) is 0.761. The van der Waals surface area contributed by atoms with Crippen molar-refractivity contribution in [3.8, 4) is 0 Å². The van der Waals surface area contributed by atoms with Gasteiger partial charge in [-0.05, 0) is 34.5 Å². The van der Waals surface area contributed by atoms with Gasteiger partial charge in [0.05, 0.1) is 11.3 Å². The highest BCUT2D eigenvalue weighted by Gasteiger charge is 2.13. The second-order valence-electron chi connectivity index (χ2n) is 3.04. The molecule has 1 aromatic carbocycles. The molecule has 0 aromatic heterocycles. The van der Waals surface area contributed by atoms with Gasteiger partial charge in [0.15, 0.2) is 0 Å². The van der Waals surface area contributed by atoms with Gasteiger partial charge in [-0.15, -0.1) is 0 Å². The molecule has 2 N–H and O–H groups in total. The van der Waals surface area contributed by atoms with Crippen molar-refractivity contribution < 1.29 is 9.90 Å². The fourth-order valence-electron chi connectivity index (χ4n) is 1.17. The van der Waals surface area contributed by atoms with Gasteiger partial charge in [0.25, 0.3) is 0 Å². The predicted molar refractivity (Wildman–Crippen MR) is 64.9 cm³/mol. The number of nitrogens with one attached hydrogen (secondary N) is 1. The third-order valence-corrected chi connectivity index (χ3v) is 2.68. The number of benzene rings is 1. The van der Waals surface area contributed by atoms with Gasteiger partial charge in [-0.3, -0.25) is 0 Å². The fraction of sp³-hybridized carbons (Fsp3) is 0.300. The average molecular weight is 293 g/mol. The van der Waals surface area contributed by atoms with Gasteiger partial charge in [0.2, 0.25) is 0 Å². The first-order valence-corrected chi connectivity index (χ1v) is 5.69. The van der Waals surface area contributed by atoms with E-state index in [-0.39, 0.29) is 5.56 Å². The minimum atomic E-state index is -0.989. The molecule has 0 unspecified atom stereocenters. The molecule has 0 aliphatic rings. The van der Waals surface area contributed by atoms with Gasteiger partial charge in [0, 0.05) is 16.0 Å². The number of halogens is 2. The number of aromatic carboxylic acids is 1. The lowest BCUT2D eigenvalue weighted by atomic mass is 10.2. The van der Waals surface area contributed by atoms with Crippen LogP contribution in [-0.2, 0) is 0 Å². The number of hydrogen-bond donors (Lipinski definition) is 2. The Labute approximate surface area is 102 Å². The summed E-state index contributed by atoms with van der Waals surface area (Å²) in [7, 11) is 0. The van der Waals surface area contributed by atoms with Crippen LogP contribution in [0.3, 0.4) is 0 Å². The lowest BCUT2D eigenvalue weighted by Crippen LogP contribution is -2.07. The first-order valence-electron chi connectivity index (χ1n) is 4.52. The fourth-order valence-corrected chi connectivity index (χ4v) is 2.12. The van der Waals surface area contributed by atoms with Crippen LogP contribution in [0.25, 0.3) is 0 Å². The molecule has 0 amide bonds. The van der Waals surface area contributed by atoms with E-state index in [0.29, 0.717) is 15.2 Å². The number of carboxylic acid groups (broad SMARTS) is 1. The quantitative estimate of drug-likeness (QED) is 0.891. The molecule has 1 aromatic rings. The molecule has 5 heteroatoms. The van der Waals surface area contributed by atoms with Crippen molar-refractivity contribution in [3.63, 3.8) is 0 Å². The first-order chi connectivity index (χ1) is 7.06. The normalized spacial score (nSPS) is 10.1. The van der Waals surface area contributed by atoms with Gasteiger partial charge in [-0.25, -0.2) is 4.79 Å². The molecule has 1 rings (SSSR count). The van der Waals surface area contributed by atoms with Gasteiger partial charge >= 0.3 is 5.97 Å². The number of rotatable bonds is 4. The van der Waals surface area contributed by atoms with Crippen LogP contribution in [0.2, 0.25) is 5.02 Å². The van der Waals surface area contributed by atoms with Gasteiger partial charge in [-0.2, -0.15) is 0 Å². The molecule has 0 spiro atoms. The van der Waals surface area contributed by atoms with E-state index in [2.05, 4.69) is 21.2 Å². The van der Waals surface area contributed by atoms with E-state index in [9.17, 15) is 4.79 Å². The Morgan fingerprint density at radius 1 is 1.60 bits per heavy atom. The van der Waals surface area contributed by atoms with Crippen LogP contribution >= 0.6 is 27.5 Å². The molecule has 3 nitrogen and oxygen atoms in total. The molecule has 0 saturated heterocycles. The molecular weight excluding hydrogens is 281 g/mol. The summed E-state index contributed by atoms with van der Waals surface area (Å²) in [6.07, 6.45) is 0.925. The maximum atomic E-state index is 11.0. The van der Waals surface area contributed by atoms with Crippen LogP contribution in [0.4, 0.5) is 5.69 Å². The summed E-state index contributed by atoms with van der Waals surface area (Å²) in [6.45, 7) is 2.73. The van der Waals surface area contributed by atoms with Crippen molar-refractivity contribution in [2.75, 3.05) is 11.9 Å². The van der Waals surface area contributed by atoms with Crippen molar-refractivity contribution >= 4 is 39.2 Å². The zero-order valence-corrected chi connectivity index (χ0v) is 10.5. The average Bonchev–Trinajstić information content (AvgIpc) is 2.15. The van der Waals surface area contributed by atoms with E-state index in [1.165, 1.54) is 6.07 Å². The standard InChI is InChI=1S/C10H11BrClNO2/c1-2-3-13-9-7(10(14)15)4-6(12)5-8(9)11/h4-5,13H,2-3H2,1H3,(H,14,15). The molecule has 0 fully saturated rings. The Bertz CT molecular complexity index is 382. The maximum Gasteiger partial charge on any atom is 0.337 e. The van der Waals surface area contributed by atoms with Crippen LogP contribution < -0.4 is 5.32 Å². The molecule has 0 radical (unpaired) electrons. The number of carboxylic acids is 1. The molecule has 0 saturated carbocycles.